The van der Waals surface area contributed by atoms with Crippen LogP contribution < -0.4 is 11.1 Å². The molecule has 3 N–H and O–H groups in total. The number of nitrogens with one attached hydrogen (secondary N) is 1. The molecule has 0 heterocycles. The van der Waals surface area contributed by atoms with Gasteiger partial charge in [0.05, 0.1) is 16.1 Å². The third kappa shape index (κ3) is 4.04. The Kier molecular flexibility index (Phi) is 6.81. The van der Waals surface area contributed by atoms with Gasteiger partial charge in [-0.05, 0) is 47.3 Å². The van der Waals surface area contributed by atoms with Gasteiger partial charge in [0.25, 0.3) is 0 Å². The molecule has 0 aliphatic carbocycles. The van der Waals surface area contributed by atoms with E-state index in [1.54, 1.807) is 0 Å². The Morgan fingerprint density at radius 3 is 2.38 bits per heavy atom. The maximum Gasteiger partial charge on any atom is 0.237 e. The maximum absolute atomic E-state index is 12.8. The van der Waals surface area contributed by atoms with E-state index < -0.39 is 5.41 Å². The van der Waals surface area contributed by atoms with E-state index in [1.807, 2.05) is 39.0 Å². The van der Waals surface area contributed by atoms with Crippen molar-refractivity contribution in [3.05, 3.63) is 28.2 Å². The number of carbonyl (C=O) groups excluding carboxylic acids is 1. The van der Waals surface area contributed by atoms with Crippen LogP contribution in [0, 0.1) is 12.3 Å². The van der Waals surface area contributed by atoms with E-state index in [9.17, 15) is 4.79 Å². The van der Waals surface area contributed by atoms with Crippen LogP contribution in [0.2, 0.25) is 0 Å². The normalized spacial score (nSPS) is 11.2. The number of amides is 1. The van der Waals surface area contributed by atoms with Gasteiger partial charge >= 0.3 is 0 Å². The minimum atomic E-state index is -0.762. The monoisotopic (exact) mass is 370 g/mol. The van der Waals surface area contributed by atoms with Gasteiger partial charge in [-0.15, -0.1) is 0 Å². The minimum absolute atomic E-state index is 0.106. The molecule has 0 fully saturated rings. The number of benzene rings is 1. The number of aryl methyl sites for hydroxylation is 1. The molecule has 0 unspecified atom stereocenters. The lowest BCUT2D eigenvalue weighted by Crippen LogP contribution is -2.46. The van der Waals surface area contributed by atoms with Gasteiger partial charge in [0.1, 0.15) is 0 Å². The summed E-state index contributed by atoms with van der Waals surface area (Å²) >= 11 is 8.73. The fourth-order valence-corrected chi connectivity index (χ4v) is 3.21. The highest BCUT2D eigenvalue weighted by Crippen LogP contribution is 2.34. The van der Waals surface area contributed by atoms with E-state index in [0.717, 1.165) is 28.6 Å². The standard InChI is InChI=1S/C16H23BrN2OS/c1-4-9-16(10-5-2,14(18)21)15(20)19-12-8-6-7-11(3)13(12)17/h6-8H,4-5,9-10H2,1-3H3,(H2,18,21)(H,19,20). The Bertz CT molecular complexity index is 525. The predicted molar refractivity (Wildman–Crippen MR) is 96.5 cm³/mol. The fourth-order valence-electron chi connectivity index (χ4n) is 2.55. The molecular weight excluding hydrogens is 348 g/mol. The second-order valence-corrected chi connectivity index (χ2v) is 6.57. The molecular formula is C16H23BrN2OS. The lowest BCUT2D eigenvalue weighted by Gasteiger charge is -2.31. The Morgan fingerprint density at radius 2 is 1.90 bits per heavy atom. The SMILES string of the molecule is CCCC(CCC)(C(=O)Nc1cccc(C)c1Br)C(N)=S. The summed E-state index contributed by atoms with van der Waals surface area (Å²) in [6.45, 7) is 6.07. The Balaban J connectivity index is 3.11. The zero-order chi connectivity index (χ0) is 16.0. The number of hydrogen-bond acceptors (Lipinski definition) is 2. The molecule has 21 heavy (non-hydrogen) atoms. The predicted octanol–water partition coefficient (Wildman–Crippen LogP) is 4.57. The van der Waals surface area contributed by atoms with Crippen LogP contribution in [0.1, 0.15) is 45.1 Å². The maximum atomic E-state index is 12.8. The van der Waals surface area contributed by atoms with Gasteiger partial charge < -0.3 is 11.1 Å². The number of halogens is 1. The molecule has 1 rings (SSSR count). The molecule has 3 nitrogen and oxygen atoms in total. The first kappa shape index (κ1) is 18.1. The molecule has 1 aromatic carbocycles. The van der Waals surface area contributed by atoms with Crippen molar-refractivity contribution in [1.82, 2.24) is 0 Å². The van der Waals surface area contributed by atoms with Gasteiger partial charge in [0.2, 0.25) is 5.91 Å². The molecule has 0 atom stereocenters. The summed E-state index contributed by atoms with van der Waals surface area (Å²) < 4.78 is 0.892. The average molecular weight is 371 g/mol. The summed E-state index contributed by atoms with van der Waals surface area (Å²) in [5, 5.41) is 2.99. The van der Waals surface area contributed by atoms with Crippen LogP contribution in [-0.4, -0.2) is 10.9 Å². The molecule has 1 aromatic rings. The van der Waals surface area contributed by atoms with Gasteiger partial charge in [-0.2, -0.15) is 0 Å². The van der Waals surface area contributed by atoms with E-state index in [2.05, 4.69) is 21.2 Å². The lowest BCUT2D eigenvalue weighted by molar-refractivity contribution is -0.122. The molecule has 0 aliphatic rings. The van der Waals surface area contributed by atoms with Crippen molar-refractivity contribution in [3.8, 4) is 0 Å². The third-order valence-corrected chi connectivity index (χ3v) is 5.14. The minimum Gasteiger partial charge on any atom is -0.392 e. The summed E-state index contributed by atoms with van der Waals surface area (Å²) in [6.07, 6.45) is 3.07. The van der Waals surface area contributed by atoms with Crippen molar-refractivity contribution in [3.63, 3.8) is 0 Å². The molecule has 0 saturated heterocycles. The van der Waals surface area contributed by atoms with E-state index in [-0.39, 0.29) is 10.9 Å². The molecule has 0 saturated carbocycles. The average Bonchev–Trinajstić information content (AvgIpc) is 2.43. The lowest BCUT2D eigenvalue weighted by atomic mass is 9.78. The zero-order valence-electron chi connectivity index (χ0n) is 12.8. The first-order chi connectivity index (χ1) is 9.89. The van der Waals surface area contributed by atoms with E-state index in [0.29, 0.717) is 12.8 Å². The zero-order valence-corrected chi connectivity index (χ0v) is 15.2. The summed E-state index contributed by atoms with van der Waals surface area (Å²) in [6, 6.07) is 5.77. The highest BCUT2D eigenvalue weighted by molar-refractivity contribution is 9.10. The van der Waals surface area contributed by atoms with Gasteiger partial charge in [-0.1, -0.05) is 51.0 Å². The third-order valence-electron chi connectivity index (χ3n) is 3.70. The van der Waals surface area contributed by atoms with Crippen LogP contribution in [0.4, 0.5) is 5.69 Å². The van der Waals surface area contributed by atoms with Crippen molar-refractivity contribution in [2.45, 2.75) is 46.5 Å². The van der Waals surface area contributed by atoms with Gasteiger partial charge in [-0.25, -0.2) is 0 Å². The molecule has 0 aromatic heterocycles. The van der Waals surface area contributed by atoms with Crippen LogP contribution in [0.25, 0.3) is 0 Å². The molecule has 1 amide bonds. The highest BCUT2D eigenvalue weighted by atomic mass is 79.9. The van der Waals surface area contributed by atoms with Crippen molar-refractivity contribution in [2.75, 3.05) is 5.32 Å². The smallest absolute Gasteiger partial charge is 0.237 e. The van der Waals surface area contributed by atoms with Crippen LogP contribution in [0.5, 0.6) is 0 Å². The summed E-state index contributed by atoms with van der Waals surface area (Å²) in [5.74, 6) is -0.106. The van der Waals surface area contributed by atoms with Crippen LogP contribution in [0.3, 0.4) is 0 Å². The Labute approximate surface area is 140 Å². The van der Waals surface area contributed by atoms with Crippen LogP contribution in [-0.2, 0) is 4.79 Å². The molecule has 0 bridgehead atoms. The van der Waals surface area contributed by atoms with Crippen molar-refractivity contribution in [1.29, 1.82) is 0 Å². The molecule has 0 radical (unpaired) electrons. The van der Waals surface area contributed by atoms with E-state index in [4.69, 9.17) is 18.0 Å². The highest BCUT2D eigenvalue weighted by Gasteiger charge is 2.40. The van der Waals surface area contributed by atoms with E-state index >= 15 is 0 Å². The fraction of sp³-hybridized carbons (Fsp3) is 0.500. The number of anilines is 1. The number of thiocarbonyl (C=S) groups is 1. The second kappa shape index (κ2) is 7.90. The second-order valence-electron chi connectivity index (χ2n) is 5.34. The number of rotatable bonds is 7. The first-order valence-electron chi connectivity index (χ1n) is 7.25. The number of carbonyl (C=O) groups is 1. The van der Waals surface area contributed by atoms with E-state index in [1.165, 1.54) is 0 Å². The molecule has 116 valence electrons. The van der Waals surface area contributed by atoms with Crippen LogP contribution in [0.15, 0.2) is 22.7 Å². The number of nitrogens with two attached hydrogens (primary N) is 1. The van der Waals surface area contributed by atoms with Crippen LogP contribution >= 0.6 is 28.1 Å². The Hall–Kier alpha value is -0.940. The summed E-state index contributed by atoms with van der Waals surface area (Å²) in [7, 11) is 0. The largest absolute Gasteiger partial charge is 0.392 e. The van der Waals surface area contributed by atoms with Crippen molar-refractivity contribution in [2.24, 2.45) is 11.1 Å². The summed E-state index contributed by atoms with van der Waals surface area (Å²) in [5.41, 5.74) is 6.99. The molecule has 5 heteroatoms. The number of hydrogen-bond donors (Lipinski definition) is 2. The molecule has 0 spiro atoms. The first-order valence-corrected chi connectivity index (χ1v) is 8.45. The quantitative estimate of drug-likeness (QED) is 0.691. The van der Waals surface area contributed by atoms with Crippen molar-refractivity contribution >= 4 is 44.7 Å². The summed E-state index contributed by atoms with van der Waals surface area (Å²) in [4.78, 5) is 13.1. The Morgan fingerprint density at radius 1 is 1.33 bits per heavy atom. The molecule has 0 aliphatic heterocycles. The van der Waals surface area contributed by atoms with Gasteiger partial charge in [0.15, 0.2) is 0 Å². The van der Waals surface area contributed by atoms with Gasteiger partial charge in [-0.3, -0.25) is 4.79 Å². The van der Waals surface area contributed by atoms with Crippen molar-refractivity contribution < 1.29 is 4.79 Å². The van der Waals surface area contributed by atoms with Gasteiger partial charge in [0, 0.05) is 4.47 Å². The topological polar surface area (TPSA) is 55.1 Å².